The van der Waals surface area contributed by atoms with E-state index in [1.54, 1.807) is 6.07 Å². The molecular weight excluding hydrogens is 461 g/mol. The fourth-order valence-corrected chi connectivity index (χ4v) is 5.71. The molecule has 192 valence electrons. The molecule has 7 nitrogen and oxygen atoms in total. The number of nitrogens with zero attached hydrogens (tertiary/aromatic N) is 2. The molecule has 5 rings (SSSR count). The Morgan fingerprint density at radius 1 is 1.03 bits per heavy atom. The molecule has 3 aliphatic rings. The van der Waals surface area contributed by atoms with E-state index in [0.717, 1.165) is 49.5 Å². The summed E-state index contributed by atoms with van der Waals surface area (Å²) < 4.78 is 25.3. The van der Waals surface area contributed by atoms with E-state index in [-0.39, 0.29) is 36.0 Å². The molecule has 0 saturated carbocycles. The number of imide groups is 1. The fraction of sp³-hybridized carbons (Fsp3) is 0.500. The topological polar surface area (TPSA) is 71.1 Å². The van der Waals surface area contributed by atoms with Gasteiger partial charge >= 0.3 is 6.03 Å². The van der Waals surface area contributed by atoms with Gasteiger partial charge < -0.3 is 14.8 Å². The minimum absolute atomic E-state index is 0.0362. The number of fused-ring (bicyclic) bond motifs is 1. The SMILES string of the molecule is CC(C)CN1C(=O)N[C@@](Cc2cccc(F)c2)(C2CCN(Cc3ccc4c(c3)OCCO4)CC2)C1=O. The zero-order valence-corrected chi connectivity index (χ0v) is 21.0. The molecule has 36 heavy (non-hydrogen) atoms. The molecule has 3 aliphatic heterocycles. The van der Waals surface area contributed by atoms with Gasteiger partial charge in [0.1, 0.15) is 24.6 Å². The highest BCUT2D eigenvalue weighted by molar-refractivity contribution is 6.07. The summed E-state index contributed by atoms with van der Waals surface area (Å²) in [5.74, 6) is 1.17. The van der Waals surface area contributed by atoms with Gasteiger partial charge in [0, 0.05) is 19.5 Å². The summed E-state index contributed by atoms with van der Waals surface area (Å²) in [6.45, 7) is 7.87. The quantitative estimate of drug-likeness (QED) is 0.588. The highest BCUT2D eigenvalue weighted by atomic mass is 19.1. The van der Waals surface area contributed by atoms with Gasteiger partial charge in [-0.3, -0.25) is 14.6 Å². The number of nitrogens with one attached hydrogen (secondary N) is 1. The van der Waals surface area contributed by atoms with E-state index in [1.165, 1.54) is 17.0 Å². The Hall–Kier alpha value is -3.13. The van der Waals surface area contributed by atoms with Crippen molar-refractivity contribution in [2.75, 3.05) is 32.8 Å². The Kier molecular flexibility index (Phi) is 6.88. The molecule has 2 saturated heterocycles. The van der Waals surface area contributed by atoms with E-state index >= 15 is 0 Å². The van der Waals surface area contributed by atoms with Gasteiger partial charge in [0.25, 0.3) is 5.91 Å². The number of urea groups is 1. The number of likely N-dealkylation sites (tertiary alicyclic amines) is 1. The van der Waals surface area contributed by atoms with Crippen molar-refractivity contribution in [1.29, 1.82) is 0 Å². The molecule has 0 bridgehead atoms. The number of piperidine rings is 1. The lowest BCUT2D eigenvalue weighted by Gasteiger charge is -2.41. The largest absolute Gasteiger partial charge is 0.486 e. The minimum Gasteiger partial charge on any atom is -0.486 e. The molecule has 3 amide bonds. The normalized spacial score (nSPS) is 22.8. The molecule has 1 atom stereocenters. The second kappa shape index (κ2) is 10.1. The zero-order valence-electron chi connectivity index (χ0n) is 21.0. The smallest absolute Gasteiger partial charge is 0.325 e. The molecule has 2 fully saturated rings. The standard InChI is InChI=1S/C28H34FN3O4/c1-19(2)17-32-26(33)28(30-27(32)34,16-20-4-3-5-23(29)14-20)22-8-10-31(11-9-22)18-21-6-7-24-25(15-21)36-13-12-35-24/h3-7,14-15,19,22H,8-13,16-18H2,1-2H3,(H,30,34)/t28-/m0/s1. The highest BCUT2D eigenvalue weighted by Gasteiger charge is 2.55. The molecule has 0 radical (unpaired) electrons. The van der Waals surface area contributed by atoms with Crippen LogP contribution in [0.25, 0.3) is 0 Å². The molecule has 0 unspecified atom stereocenters. The van der Waals surface area contributed by atoms with E-state index < -0.39 is 5.54 Å². The number of ether oxygens (including phenoxy) is 2. The summed E-state index contributed by atoms with van der Waals surface area (Å²) >= 11 is 0. The highest BCUT2D eigenvalue weighted by Crippen LogP contribution is 2.38. The molecular formula is C28H34FN3O4. The third-order valence-electron chi connectivity index (χ3n) is 7.42. The Bertz CT molecular complexity index is 1130. The summed E-state index contributed by atoms with van der Waals surface area (Å²) in [6.07, 6.45) is 1.82. The van der Waals surface area contributed by atoms with Crippen LogP contribution in [0.1, 0.15) is 37.8 Å². The molecule has 2 aromatic rings. The van der Waals surface area contributed by atoms with Crippen LogP contribution in [-0.4, -0.2) is 60.1 Å². The van der Waals surface area contributed by atoms with E-state index in [9.17, 15) is 14.0 Å². The summed E-state index contributed by atoms with van der Waals surface area (Å²) in [5.41, 5.74) is 0.817. The van der Waals surface area contributed by atoms with Gasteiger partial charge in [-0.25, -0.2) is 9.18 Å². The maximum atomic E-state index is 14.0. The van der Waals surface area contributed by atoms with E-state index in [0.29, 0.717) is 25.3 Å². The molecule has 2 aromatic carbocycles. The van der Waals surface area contributed by atoms with Crippen LogP contribution in [-0.2, 0) is 17.8 Å². The van der Waals surface area contributed by atoms with Gasteiger partial charge in [0.15, 0.2) is 11.5 Å². The third-order valence-corrected chi connectivity index (χ3v) is 7.42. The number of halogens is 1. The first kappa shape index (κ1) is 24.6. The Balaban J connectivity index is 1.32. The van der Waals surface area contributed by atoms with Crippen LogP contribution >= 0.6 is 0 Å². The first-order valence-corrected chi connectivity index (χ1v) is 12.8. The lowest BCUT2D eigenvalue weighted by atomic mass is 9.73. The van der Waals surface area contributed by atoms with Crippen molar-refractivity contribution < 1.29 is 23.5 Å². The van der Waals surface area contributed by atoms with Gasteiger partial charge in [-0.15, -0.1) is 0 Å². The number of carbonyl (C=O) groups excluding carboxylic acids is 2. The number of hydrogen-bond donors (Lipinski definition) is 1. The summed E-state index contributed by atoms with van der Waals surface area (Å²) in [6, 6.07) is 12.1. The zero-order chi connectivity index (χ0) is 25.3. The van der Waals surface area contributed by atoms with Gasteiger partial charge in [0.2, 0.25) is 0 Å². The molecule has 0 aromatic heterocycles. The third kappa shape index (κ3) is 4.91. The number of rotatable bonds is 7. The lowest BCUT2D eigenvalue weighted by molar-refractivity contribution is -0.134. The van der Waals surface area contributed by atoms with E-state index in [2.05, 4.69) is 16.3 Å². The Morgan fingerprint density at radius 2 is 1.78 bits per heavy atom. The lowest BCUT2D eigenvalue weighted by Crippen LogP contribution is -2.57. The predicted molar refractivity (Wildman–Crippen MR) is 133 cm³/mol. The second-order valence-corrected chi connectivity index (χ2v) is 10.5. The monoisotopic (exact) mass is 495 g/mol. The van der Waals surface area contributed by atoms with Crippen LogP contribution < -0.4 is 14.8 Å². The molecule has 3 heterocycles. The van der Waals surface area contributed by atoms with Gasteiger partial charge in [-0.1, -0.05) is 32.0 Å². The van der Waals surface area contributed by atoms with Crippen LogP contribution in [0.4, 0.5) is 9.18 Å². The van der Waals surface area contributed by atoms with Crippen LogP contribution in [0.2, 0.25) is 0 Å². The molecule has 0 spiro atoms. The predicted octanol–water partition coefficient (Wildman–Crippen LogP) is 4.00. The van der Waals surface area contributed by atoms with Crippen LogP contribution in [0.15, 0.2) is 42.5 Å². The van der Waals surface area contributed by atoms with Crippen LogP contribution in [0.5, 0.6) is 11.5 Å². The summed E-state index contributed by atoms with van der Waals surface area (Å²) in [4.78, 5) is 30.4. The van der Waals surface area contributed by atoms with Gasteiger partial charge in [-0.05, 0) is 73.2 Å². The number of carbonyl (C=O) groups is 2. The minimum atomic E-state index is -1.05. The first-order chi connectivity index (χ1) is 17.3. The van der Waals surface area contributed by atoms with Crippen LogP contribution in [0.3, 0.4) is 0 Å². The Labute approximate surface area is 211 Å². The molecule has 8 heteroatoms. The Morgan fingerprint density at radius 3 is 2.50 bits per heavy atom. The van der Waals surface area contributed by atoms with Crippen molar-refractivity contribution in [2.45, 2.75) is 45.2 Å². The average Bonchev–Trinajstić information content (AvgIpc) is 3.09. The van der Waals surface area contributed by atoms with Gasteiger partial charge in [0.05, 0.1) is 0 Å². The fourth-order valence-electron chi connectivity index (χ4n) is 5.71. The van der Waals surface area contributed by atoms with Crippen molar-refractivity contribution in [3.8, 4) is 11.5 Å². The van der Waals surface area contributed by atoms with Crippen molar-refractivity contribution in [3.05, 3.63) is 59.4 Å². The maximum absolute atomic E-state index is 14.0. The van der Waals surface area contributed by atoms with Crippen molar-refractivity contribution in [3.63, 3.8) is 0 Å². The van der Waals surface area contributed by atoms with E-state index in [1.807, 2.05) is 32.0 Å². The number of benzene rings is 2. The van der Waals surface area contributed by atoms with E-state index in [4.69, 9.17) is 9.47 Å². The average molecular weight is 496 g/mol. The van der Waals surface area contributed by atoms with Crippen molar-refractivity contribution in [2.24, 2.45) is 11.8 Å². The van der Waals surface area contributed by atoms with Crippen molar-refractivity contribution >= 4 is 11.9 Å². The molecule has 1 N–H and O–H groups in total. The summed E-state index contributed by atoms with van der Waals surface area (Å²) in [7, 11) is 0. The van der Waals surface area contributed by atoms with Gasteiger partial charge in [-0.2, -0.15) is 0 Å². The van der Waals surface area contributed by atoms with Crippen molar-refractivity contribution in [1.82, 2.24) is 15.1 Å². The van der Waals surface area contributed by atoms with Crippen LogP contribution in [0, 0.1) is 17.7 Å². The summed E-state index contributed by atoms with van der Waals surface area (Å²) in [5, 5.41) is 3.08. The number of hydrogen-bond acceptors (Lipinski definition) is 5. The molecule has 0 aliphatic carbocycles. The maximum Gasteiger partial charge on any atom is 0.325 e. The number of amides is 3. The first-order valence-electron chi connectivity index (χ1n) is 12.8. The second-order valence-electron chi connectivity index (χ2n) is 10.5.